The van der Waals surface area contributed by atoms with Crippen molar-refractivity contribution in [2.24, 2.45) is 0 Å². The Morgan fingerprint density at radius 2 is 1.70 bits per heavy atom. The molecule has 0 saturated heterocycles. The first-order chi connectivity index (χ1) is 13.0. The summed E-state index contributed by atoms with van der Waals surface area (Å²) in [5.41, 5.74) is 3.11. The second-order valence-electron chi connectivity index (χ2n) is 6.02. The molecule has 0 spiro atoms. The van der Waals surface area contributed by atoms with Gasteiger partial charge >= 0.3 is 5.97 Å². The van der Waals surface area contributed by atoms with E-state index in [2.05, 4.69) is 15.9 Å². The minimum absolute atomic E-state index is 0.356. The lowest BCUT2D eigenvalue weighted by atomic mass is 10.1. The van der Waals surface area contributed by atoms with Gasteiger partial charge in [-0.15, -0.1) is 6.42 Å². The molecule has 0 aliphatic rings. The summed E-state index contributed by atoms with van der Waals surface area (Å²) in [6.45, 7) is 1.83. The number of rotatable bonds is 5. The quantitative estimate of drug-likeness (QED) is 0.431. The van der Waals surface area contributed by atoms with E-state index in [1.165, 1.54) is 0 Å². The lowest BCUT2D eigenvalue weighted by molar-refractivity contribution is 0.0734. The molecule has 27 heavy (non-hydrogen) atoms. The third-order valence-electron chi connectivity index (χ3n) is 3.99. The van der Waals surface area contributed by atoms with Gasteiger partial charge in [0, 0.05) is 24.4 Å². The van der Waals surface area contributed by atoms with Gasteiger partial charge in [-0.2, -0.15) is 0 Å². The lowest BCUT2D eigenvalue weighted by Crippen LogP contribution is -2.09. The van der Waals surface area contributed by atoms with Crippen molar-refractivity contribution in [3.05, 3.63) is 77.9 Å². The second-order valence-corrected chi connectivity index (χ2v) is 6.02. The van der Waals surface area contributed by atoms with Crippen molar-refractivity contribution >= 4 is 5.97 Å². The van der Waals surface area contributed by atoms with Crippen molar-refractivity contribution in [1.29, 1.82) is 0 Å². The highest BCUT2D eigenvalue weighted by Gasteiger charge is 2.10. The fourth-order valence-electron chi connectivity index (χ4n) is 2.48. The van der Waals surface area contributed by atoms with Gasteiger partial charge in [-0.05, 0) is 42.3 Å². The van der Waals surface area contributed by atoms with Crippen LogP contribution < -0.4 is 4.74 Å². The van der Waals surface area contributed by atoms with E-state index < -0.39 is 12.1 Å². The van der Waals surface area contributed by atoms with Crippen LogP contribution in [0.5, 0.6) is 5.75 Å². The number of carbonyl (C=O) groups excluding carboxylic acids is 1. The molecule has 1 atom stereocenters. The van der Waals surface area contributed by atoms with E-state index in [0.717, 1.165) is 16.7 Å². The van der Waals surface area contributed by atoms with Crippen molar-refractivity contribution < 1.29 is 14.6 Å². The predicted molar refractivity (Wildman–Crippen MR) is 102 cm³/mol. The summed E-state index contributed by atoms with van der Waals surface area (Å²) >= 11 is 0. The molecule has 0 aliphatic heterocycles. The number of carbonyl (C=O) groups is 1. The largest absolute Gasteiger partial charge is 0.423 e. The smallest absolute Gasteiger partial charge is 0.343 e. The number of benzene rings is 2. The zero-order valence-electron chi connectivity index (χ0n) is 14.8. The third kappa shape index (κ3) is 4.78. The van der Waals surface area contributed by atoms with Gasteiger partial charge in [-0.25, -0.2) is 14.8 Å². The van der Waals surface area contributed by atoms with Crippen molar-refractivity contribution in [2.45, 2.75) is 19.4 Å². The van der Waals surface area contributed by atoms with Crippen LogP contribution in [-0.2, 0) is 6.42 Å². The molecule has 2 aromatic carbocycles. The SMILES string of the molecule is C#CC(O)Cc1ccc(OC(=O)c2ccc(-c3cnc(C)nc3)cc2)cc1. The van der Waals surface area contributed by atoms with Gasteiger partial charge in [0.2, 0.25) is 0 Å². The molecule has 0 radical (unpaired) electrons. The molecule has 0 amide bonds. The molecule has 5 nitrogen and oxygen atoms in total. The Morgan fingerprint density at radius 1 is 1.07 bits per heavy atom. The molecule has 1 unspecified atom stereocenters. The van der Waals surface area contributed by atoms with Gasteiger partial charge in [0.1, 0.15) is 17.7 Å². The molecule has 3 rings (SSSR count). The van der Waals surface area contributed by atoms with E-state index in [1.54, 1.807) is 48.8 Å². The van der Waals surface area contributed by atoms with Crippen molar-refractivity contribution in [3.8, 4) is 29.2 Å². The van der Waals surface area contributed by atoms with Crippen LogP contribution in [0.25, 0.3) is 11.1 Å². The maximum atomic E-state index is 12.3. The average molecular weight is 358 g/mol. The zero-order valence-corrected chi connectivity index (χ0v) is 14.8. The standard InChI is InChI=1S/C22H18N2O3/c1-3-20(25)12-16-4-10-21(11-5-16)27-22(26)18-8-6-17(7-9-18)19-13-23-15(2)24-14-19/h1,4-11,13-14,20,25H,12H2,2H3. The normalized spacial score (nSPS) is 11.4. The molecule has 1 N–H and O–H groups in total. The van der Waals surface area contributed by atoms with E-state index in [9.17, 15) is 9.90 Å². The number of aryl methyl sites for hydroxylation is 1. The molecule has 5 heteroatoms. The first-order valence-electron chi connectivity index (χ1n) is 8.39. The first-order valence-corrected chi connectivity index (χ1v) is 8.39. The molecule has 1 heterocycles. The van der Waals surface area contributed by atoms with Crippen molar-refractivity contribution in [1.82, 2.24) is 9.97 Å². The first kappa shape index (κ1) is 18.3. The molecular weight excluding hydrogens is 340 g/mol. The van der Waals surface area contributed by atoms with Crippen LogP contribution >= 0.6 is 0 Å². The van der Waals surface area contributed by atoms with Gasteiger partial charge in [0.25, 0.3) is 0 Å². The number of hydrogen-bond acceptors (Lipinski definition) is 5. The molecule has 0 aliphatic carbocycles. The Labute approximate surface area is 157 Å². The van der Waals surface area contributed by atoms with E-state index >= 15 is 0 Å². The number of terminal acetylenes is 1. The predicted octanol–water partition coefficient (Wildman–Crippen LogP) is 3.21. The fraction of sp³-hybridized carbons (Fsp3) is 0.136. The van der Waals surface area contributed by atoms with E-state index in [1.807, 2.05) is 19.1 Å². The molecule has 0 fully saturated rings. The fourth-order valence-corrected chi connectivity index (χ4v) is 2.48. The van der Waals surface area contributed by atoms with Crippen LogP contribution in [0.2, 0.25) is 0 Å². The number of esters is 1. The Kier molecular flexibility index (Phi) is 5.60. The summed E-state index contributed by atoms with van der Waals surface area (Å²) in [6, 6.07) is 13.9. The summed E-state index contributed by atoms with van der Waals surface area (Å²) in [4.78, 5) is 20.6. The van der Waals surface area contributed by atoms with Gasteiger partial charge in [-0.1, -0.05) is 30.2 Å². The summed E-state index contributed by atoms with van der Waals surface area (Å²) in [7, 11) is 0. The minimum atomic E-state index is -0.823. The Balaban J connectivity index is 1.66. The maximum absolute atomic E-state index is 12.3. The average Bonchev–Trinajstić information content (AvgIpc) is 2.70. The van der Waals surface area contributed by atoms with Crippen molar-refractivity contribution in [2.75, 3.05) is 0 Å². The molecule has 134 valence electrons. The van der Waals surface area contributed by atoms with E-state index in [4.69, 9.17) is 11.2 Å². The third-order valence-corrected chi connectivity index (χ3v) is 3.99. The van der Waals surface area contributed by atoms with Gasteiger partial charge in [0.15, 0.2) is 0 Å². The molecule has 1 aromatic heterocycles. The van der Waals surface area contributed by atoms with Crippen LogP contribution in [0.3, 0.4) is 0 Å². The summed E-state index contributed by atoms with van der Waals surface area (Å²) < 4.78 is 5.38. The van der Waals surface area contributed by atoms with Gasteiger partial charge in [0.05, 0.1) is 5.56 Å². The summed E-state index contributed by atoms with van der Waals surface area (Å²) in [6.07, 6.45) is 8.18. The highest BCUT2D eigenvalue weighted by molar-refractivity contribution is 5.91. The van der Waals surface area contributed by atoms with E-state index in [0.29, 0.717) is 23.6 Å². The second kappa shape index (κ2) is 8.26. The molecule has 0 saturated carbocycles. The zero-order chi connectivity index (χ0) is 19.2. The van der Waals surface area contributed by atoms with Gasteiger partial charge < -0.3 is 9.84 Å². The number of nitrogens with zero attached hydrogens (tertiary/aromatic N) is 2. The molecule has 0 bridgehead atoms. The maximum Gasteiger partial charge on any atom is 0.343 e. The number of aromatic nitrogens is 2. The molecule has 3 aromatic rings. The van der Waals surface area contributed by atoms with Crippen LogP contribution in [0, 0.1) is 19.3 Å². The lowest BCUT2D eigenvalue weighted by Gasteiger charge is -2.07. The summed E-state index contributed by atoms with van der Waals surface area (Å²) in [5, 5.41) is 9.46. The Bertz CT molecular complexity index is 956. The Morgan fingerprint density at radius 3 is 2.30 bits per heavy atom. The number of aliphatic hydroxyl groups is 1. The van der Waals surface area contributed by atoms with Crippen LogP contribution in [0.4, 0.5) is 0 Å². The van der Waals surface area contributed by atoms with Crippen LogP contribution in [0.15, 0.2) is 60.9 Å². The highest BCUT2D eigenvalue weighted by atomic mass is 16.5. The van der Waals surface area contributed by atoms with Gasteiger partial charge in [-0.3, -0.25) is 0 Å². The van der Waals surface area contributed by atoms with E-state index in [-0.39, 0.29) is 0 Å². The van der Waals surface area contributed by atoms with Crippen LogP contribution in [-0.4, -0.2) is 27.1 Å². The van der Waals surface area contributed by atoms with Crippen LogP contribution in [0.1, 0.15) is 21.7 Å². The topological polar surface area (TPSA) is 72.3 Å². The highest BCUT2D eigenvalue weighted by Crippen LogP contribution is 2.20. The number of aliphatic hydroxyl groups excluding tert-OH is 1. The Hall–Kier alpha value is -3.49. The number of hydrogen-bond donors (Lipinski definition) is 1. The monoisotopic (exact) mass is 358 g/mol. The minimum Gasteiger partial charge on any atom is -0.423 e. The van der Waals surface area contributed by atoms with Crippen molar-refractivity contribution in [3.63, 3.8) is 0 Å². The summed E-state index contributed by atoms with van der Waals surface area (Å²) in [5.74, 6) is 2.95. The molecular formula is C22H18N2O3. The number of ether oxygens (including phenoxy) is 1.